The molecule has 0 saturated carbocycles. The van der Waals surface area contributed by atoms with Gasteiger partial charge in [-0.05, 0) is 38.0 Å². The van der Waals surface area contributed by atoms with Gasteiger partial charge in [0.05, 0.1) is 0 Å². The first-order valence-electron chi connectivity index (χ1n) is 9.14. The summed E-state index contributed by atoms with van der Waals surface area (Å²) in [6.45, 7) is 11.7. The van der Waals surface area contributed by atoms with E-state index < -0.39 is 0 Å². The molecule has 1 aromatic rings. The fourth-order valence-corrected chi connectivity index (χ4v) is 3.59. The SMILES string of the molecule is CN=C(NCc1ccc(N2CCCC2=O)cc1)N1CC(C)(C)C1(C)C.I. The third-order valence-corrected chi connectivity index (χ3v) is 6.12. The van der Waals surface area contributed by atoms with Crippen LogP contribution in [0.15, 0.2) is 29.3 Å². The van der Waals surface area contributed by atoms with Crippen molar-refractivity contribution in [2.24, 2.45) is 10.4 Å². The minimum atomic E-state index is 0. The van der Waals surface area contributed by atoms with Crippen LogP contribution in [0.5, 0.6) is 0 Å². The summed E-state index contributed by atoms with van der Waals surface area (Å²) in [4.78, 5) is 20.5. The molecule has 1 amide bonds. The molecular formula is C20H31IN4O. The van der Waals surface area contributed by atoms with Crippen LogP contribution < -0.4 is 10.2 Å². The topological polar surface area (TPSA) is 47.9 Å². The van der Waals surface area contributed by atoms with Crippen molar-refractivity contribution in [3.05, 3.63) is 29.8 Å². The van der Waals surface area contributed by atoms with E-state index in [1.165, 1.54) is 5.56 Å². The van der Waals surface area contributed by atoms with Crippen LogP contribution in [0.2, 0.25) is 0 Å². The molecule has 1 aromatic carbocycles. The van der Waals surface area contributed by atoms with Crippen LogP contribution in [0.1, 0.15) is 46.1 Å². The summed E-state index contributed by atoms with van der Waals surface area (Å²) in [5.74, 6) is 1.18. The molecule has 0 aromatic heterocycles. The largest absolute Gasteiger partial charge is 0.352 e. The lowest BCUT2D eigenvalue weighted by Gasteiger charge is -2.62. The highest BCUT2D eigenvalue weighted by Crippen LogP contribution is 2.46. The number of nitrogens with one attached hydrogen (secondary N) is 1. The second-order valence-corrected chi connectivity index (χ2v) is 8.25. The van der Waals surface area contributed by atoms with Crippen LogP contribution >= 0.6 is 24.0 Å². The van der Waals surface area contributed by atoms with Crippen molar-refractivity contribution in [2.75, 3.05) is 25.0 Å². The molecule has 0 spiro atoms. The number of nitrogens with zero attached hydrogens (tertiary/aromatic N) is 3. The zero-order valence-electron chi connectivity index (χ0n) is 16.5. The van der Waals surface area contributed by atoms with Crippen molar-refractivity contribution >= 4 is 41.5 Å². The molecule has 2 fully saturated rings. The van der Waals surface area contributed by atoms with E-state index in [-0.39, 0.29) is 40.8 Å². The van der Waals surface area contributed by atoms with E-state index in [9.17, 15) is 4.79 Å². The lowest BCUT2D eigenvalue weighted by Crippen LogP contribution is -2.72. The third kappa shape index (κ3) is 3.70. The van der Waals surface area contributed by atoms with E-state index in [1.807, 2.05) is 24.1 Å². The van der Waals surface area contributed by atoms with Crippen molar-refractivity contribution in [2.45, 2.75) is 52.6 Å². The molecule has 2 heterocycles. The second-order valence-electron chi connectivity index (χ2n) is 8.25. The zero-order valence-corrected chi connectivity index (χ0v) is 18.8. The maximum absolute atomic E-state index is 11.8. The van der Waals surface area contributed by atoms with Crippen LogP contribution in [0.3, 0.4) is 0 Å². The quantitative estimate of drug-likeness (QED) is 0.417. The first-order chi connectivity index (χ1) is 11.8. The molecule has 2 aliphatic rings. The molecule has 2 saturated heterocycles. The minimum Gasteiger partial charge on any atom is -0.352 e. The van der Waals surface area contributed by atoms with Crippen LogP contribution in [0.4, 0.5) is 5.69 Å². The Morgan fingerprint density at radius 2 is 1.85 bits per heavy atom. The smallest absolute Gasteiger partial charge is 0.227 e. The van der Waals surface area contributed by atoms with E-state index in [0.29, 0.717) is 6.42 Å². The maximum atomic E-state index is 11.8. The fourth-order valence-electron chi connectivity index (χ4n) is 3.59. The van der Waals surface area contributed by atoms with Gasteiger partial charge in [-0.15, -0.1) is 24.0 Å². The van der Waals surface area contributed by atoms with Gasteiger partial charge in [0.15, 0.2) is 5.96 Å². The number of guanidine groups is 1. The molecule has 6 heteroatoms. The average molecular weight is 470 g/mol. The molecule has 0 radical (unpaired) electrons. The minimum absolute atomic E-state index is 0. The van der Waals surface area contributed by atoms with Crippen molar-refractivity contribution in [3.8, 4) is 0 Å². The Balaban J connectivity index is 0.00000243. The van der Waals surface area contributed by atoms with E-state index in [0.717, 1.165) is 37.7 Å². The molecule has 0 aliphatic carbocycles. The maximum Gasteiger partial charge on any atom is 0.227 e. The van der Waals surface area contributed by atoms with Gasteiger partial charge in [0.2, 0.25) is 5.91 Å². The highest BCUT2D eigenvalue weighted by molar-refractivity contribution is 14.0. The Labute approximate surface area is 174 Å². The standard InChI is InChI=1S/C20H30N4O.HI/c1-19(2)14-24(20(19,3)4)18(21-5)22-13-15-8-10-16(11-9-15)23-12-6-7-17(23)25;/h8-11H,6-7,12-14H2,1-5H3,(H,21,22);1H. The summed E-state index contributed by atoms with van der Waals surface area (Å²) >= 11 is 0. The summed E-state index contributed by atoms with van der Waals surface area (Å²) in [7, 11) is 1.84. The molecule has 2 aliphatic heterocycles. The predicted molar refractivity (Wildman–Crippen MR) is 118 cm³/mol. The van der Waals surface area contributed by atoms with Gasteiger partial charge in [0, 0.05) is 49.7 Å². The molecule has 144 valence electrons. The van der Waals surface area contributed by atoms with Gasteiger partial charge in [-0.1, -0.05) is 26.0 Å². The van der Waals surface area contributed by atoms with Gasteiger partial charge < -0.3 is 15.1 Å². The molecule has 26 heavy (non-hydrogen) atoms. The lowest BCUT2D eigenvalue weighted by atomic mass is 9.65. The van der Waals surface area contributed by atoms with E-state index in [1.54, 1.807) is 0 Å². The summed E-state index contributed by atoms with van der Waals surface area (Å²) < 4.78 is 0. The second kappa shape index (κ2) is 7.74. The molecule has 3 rings (SSSR count). The number of carbonyl (C=O) groups excluding carboxylic acids is 1. The van der Waals surface area contributed by atoms with E-state index >= 15 is 0 Å². The van der Waals surface area contributed by atoms with Crippen molar-refractivity contribution in [1.82, 2.24) is 10.2 Å². The van der Waals surface area contributed by atoms with Crippen LogP contribution in [-0.4, -0.2) is 42.4 Å². The predicted octanol–water partition coefficient (Wildman–Crippen LogP) is 3.63. The van der Waals surface area contributed by atoms with Gasteiger partial charge in [0.1, 0.15) is 0 Å². The highest BCUT2D eigenvalue weighted by Gasteiger charge is 2.53. The lowest BCUT2D eigenvalue weighted by molar-refractivity contribution is -0.117. The Morgan fingerprint density at radius 1 is 1.19 bits per heavy atom. The third-order valence-electron chi connectivity index (χ3n) is 6.12. The summed E-state index contributed by atoms with van der Waals surface area (Å²) in [5, 5.41) is 3.47. The van der Waals surface area contributed by atoms with Gasteiger partial charge in [0.25, 0.3) is 0 Å². The normalized spacial score (nSPS) is 21.3. The number of halogens is 1. The molecule has 0 bridgehead atoms. The number of carbonyl (C=O) groups is 1. The number of rotatable bonds is 3. The Bertz CT molecular complexity index is 682. The average Bonchev–Trinajstić information content (AvgIpc) is 3.01. The molecule has 5 nitrogen and oxygen atoms in total. The number of aliphatic imine (C=N–C) groups is 1. The monoisotopic (exact) mass is 470 g/mol. The van der Waals surface area contributed by atoms with Crippen LogP contribution in [0, 0.1) is 5.41 Å². The summed E-state index contributed by atoms with van der Waals surface area (Å²) in [6.07, 6.45) is 1.63. The first-order valence-corrected chi connectivity index (χ1v) is 9.14. The van der Waals surface area contributed by atoms with Crippen molar-refractivity contribution in [1.29, 1.82) is 0 Å². The number of benzene rings is 1. The fraction of sp³-hybridized carbons (Fsp3) is 0.600. The molecule has 1 N–H and O–H groups in total. The van der Waals surface area contributed by atoms with Gasteiger partial charge in [-0.25, -0.2) is 0 Å². The number of hydrogen-bond donors (Lipinski definition) is 1. The van der Waals surface area contributed by atoms with Crippen LogP contribution in [0.25, 0.3) is 0 Å². The van der Waals surface area contributed by atoms with Crippen molar-refractivity contribution in [3.63, 3.8) is 0 Å². The highest BCUT2D eigenvalue weighted by atomic mass is 127. The Kier molecular flexibility index (Phi) is 6.25. The molecule has 0 unspecified atom stereocenters. The zero-order chi connectivity index (χ0) is 18.2. The van der Waals surface area contributed by atoms with Gasteiger partial charge in [-0.2, -0.15) is 0 Å². The summed E-state index contributed by atoms with van der Waals surface area (Å²) in [6, 6.07) is 8.26. The van der Waals surface area contributed by atoms with Crippen LogP contribution in [-0.2, 0) is 11.3 Å². The Hall–Kier alpha value is -1.31. The number of amides is 1. The number of anilines is 1. The molecule has 0 atom stereocenters. The number of hydrogen-bond acceptors (Lipinski definition) is 2. The van der Waals surface area contributed by atoms with E-state index in [2.05, 4.69) is 55.0 Å². The first kappa shape index (κ1) is 21.0. The van der Waals surface area contributed by atoms with E-state index in [4.69, 9.17) is 0 Å². The number of likely N-dealkylation sites (tertiary alicyclic amines) is 1. The Morgan fingerprint density at radius 3 is 2.31 bits per heavy atom. The molecular weight excluding hydrogens is 439 g/mol. The summed E-state index contributed by atoms with van der Waals surface area (Å²) in [5.41, 5.74) is 2.57. The van der Waals surface area contributed by atoms with Gasteiger partial charge >= 0.3 is 0 Å². The van der Waals surface area contributed by atoms with Gasteiger partial charge in [-0.3, -0.25) is 9.79 Å². The van der Waals surface area contributed by atoms with Crippen molar-refractivity contribution < 1.29 is 4.79 Å².